The highest BCUT2D eigenvalue weighted by Crippen LogP contribution is 2.26. The van der Waals surface area contributed by atoms with E-state index in [-0.39, 0.29) is 18.9 Å². The Morgan fingerprint density at radius 2 is 1.82 bits per heavy atom. The molecule has 1 aromatic heterocycles. The van der Waals surface area contributed by atoms with E-state index >= 15 is 0 Å². The molecule has 1 aliphatic rings. The number of aliphatic carboxylic acids is 1. The summed E-state index contributed by atoms with van der Waals surface area (Å²) in [6.07, 6.45) is 1.82. The van der Waals surface area contributed by atoms with Crippen LogP contribution >= 0.6 is 0 Å². The predicted molar refractivity (Wildman–Crippen MR) is 104 cm³/mol. The van der Waals surface area contributed by atoms with E-state index in [2.05, 4.69) is 10.3 Å². The van der Waals surface area contributed by atoms with Crippen molar-refractivity contribution in [3.8, 4) is 0 Å². The molecule has 1 fully saturated rings. The van der Waals surface area contributed by atoms with E-state index in [0.29, 0.717) is 5.69 Å². The number of rotatable bonds is 5. The maximum absolute atomic E-state index is 12.8. The van der Waals surface area contributed by atoms with E-state index in [1.807, 2.05) is 30.3 Å². The smallest absolute Gasteiger partial charge is 0.310 e. The van der Waals surface area contributed by atoms with Crippen LogP contribution in [0, 0.1) is 5.92 Å². The molecular formula is C21H19N3O4. The van der Waals surface area contributed by atoms with Crippen molar-refractivity contribution in [3.05, 3.63) is 66.4 Å². The zero-order valence-electron chi connectivity index (χ0n) is 15.0. The van der Waals surface area contributed by atoms with Crippen molar-refractivity contribution in [2.24, 2.45) is 5.92 Å². The highest BCUT2D eigenvalue weighted by molar-refractivity contribution is 6.05. The summed E-state index contributed by atoms with van der Waals surface area (Å²) >= 11 is 0. The first kappa shape index (κ1) is 17.8. The first-order chi connectivity index (χ1) is 13.5. The number of aromatic nitrogens is 1. The summed E-state index contributed by atoms with van der Waals surface area (Å²) in [4.78, 5) is 41.6. The summed E-state index contributed by atoms with van der Waals surface area (Å²) in [5.74, 6) is -2.90. The molecule has 0 bridgehead atoms. The molecule has 1 aliphatic heterocycles. The van der Waals surface area contributed by atoms with Gasteiger partial charge < -0.3 is 20.3 Å². The summed E-state index contributed by atoms with van der Waals surface area (Å²) < 4.78 is 0. The third kappa shape index (κ3) is 3.22. The predicted octanol–water partition coefficient (Wildman–Crippen LogP) is 1.94. The van der Waals surface area contributed by atoms with Crippen molar-refractivity contribution in [1.82, 2.24) is 10.3 Å². The Morgan fingerprint density at radius 1 is 1.11 bits per heavy atom. The number of H-pyrrole nitrogens is 1. The van der Waals surface area contributed by atoms with E-state index in [4.69, 9.17) is 0 Å². The van der Waals surface area contributed by atoms with Crippen molar-refractivity contribution >= 4 is 34.4 Å². The number of fused-ring (bicyclic) bond motifs is 1. The number of benzene rings is 2. The van der Waals surface area contributed by atoms with E-state index < -0.39 is 23.8 Å². The number of anilines is 1. The fourth-order valence-electron chi connectivity index (χ4n) is 3.63. The van der Waals surface area contributed by atoms with Crippen molar-refractivity contribution in [3.63, 3.8) is 0 Å². The first-order valence-corrected chi connectivity index (χ1v) is 8.98. The molecule has 0 aliphatic carbocycles. The van der Waals surface area contributed by atoms with E-state index in [1.165, 1.54) is 4.90 Å². The SMILES string of the molecule is O=C(Cc1c[nH]c2ccccc12)N[C@@H]1C(=O)N(c2ccccc2)C[C@H]1C(=O)O. The molecule has 0 spiro atoms. The van der Waals surface area contributed by atoms with Crippen LogP contribution in [0.2, 0.25) is 0 Å². The van der Waals surface area contributed by atoms with Gasteiger partial charge in [-0.15, -0.1) is 0 Å². The van der Waals surface area contributed by atoms with Crippen LogP contribution in [0.4, 0.5) is 5.69 Å². The number of nitrogens with one attached hydrogen (secondary N) is 2. The minimum atomic E-state index is -1.11. The lowest BCUT2D eigenvalue weighted by molar-refractivity contribution is -0.143. The van der Waals surface area contributed by atoms with Crippen LogP contribution in [-0.2, 0) is 20.8 Å². The largest absolute Gasteiger partial charge is 0.481 e. The van der Waals surface area contributed by atoms with Gasteiger partial charge in [0.25, 0.3) is 5.91 Å². The molecule has 3 aromatic rings. The Bertz CT molecular complexity index is 1040. The average molecular weight is 377 g/mol. The van der Waals surface area contributed by atoms with Crippen molar-refractivity contribution in [1.29, 1.82) is 0 Å². The van der Waals surface area contributed by atoms with Gasteiger partial charge >= 0.3 is 5.97 Å². The standard InChI is InChI=1S/C21H19N3O4/c25-18(10-13-11-22-17-9-5-4-8-15(13)17)23-19-16(21(27)28)12-24(20(19)26)14-6-2-1-3-7-14/h1-9,11,16,19,22H,10,12H2,(H,23,25)(H,27,28)/t16-,19+/m1/s1. The van der Waals surface area contributed by atoms with Gasteiger partial charge in [-0.05, 0) is 23.8 Å². The summed E-state index contributed by atoms with van der Waals surface area (Å²) in [6.45, 7) is 0.0240. The maximum Gasteiger partial charge on any atom is 0.310 e. The van der Waals surface area contributed by atoms with Gasteiger partial charge in [-0.1, -0.05) is 36.4 Å². The number of carboxylic acid groups (broad SMARTS) is 1. The second kappa shape index (κ2) is 7.19. The number of carbonyl (C=O) groups excluding carboxylic acids is 2. The van der Waals surface area contributed by atoms with Crippen LogP contribution in [0.25, 0.3) is 10.9 Å². The molecule has 2 atom stereocenters. The quantitative estimate of drug-likeness (QED) is 0.632. The van der Waals surface area contributed by atoms with Crippen LogP contribution in [0.5, 0.6) is 0 Å². The molecule has 2 aromatic carbocycles. The first-order valence-electron chi connectivity index (χ1n) is 8.98. The van der Waals surface area contributed by atoms with Crippen LogP contribution < -0.4 is 10.2 Å². The van der Waals surface area contributed by atoms with E-state index in [0.717, 1.165) is 16.5 Å². The number of aromatic amines is 1. The van der Waals surface area contributed by atoms with Crippen LogP contribution in [0.3, 0.4) is 0 Å². The lowest BCUT2D eigenvalue weighted by Crippen LogP contribution is -2.46. The van der Waals surface area contributed by atoms with Crippen molar-refractivity contribution in [2.75, 3.05) is 11.4 Å². The zero-order chi connectivity index (χ0) is 19.7. The average Bonchev–Trinajstić information content (AvgIpc) is 3.24. The Labute approximate surface area is 161 Å². The number of hydrogen-bond acceptors (Lipinski definition) is 3. The lowest BCUT2D eigenvalue weighted by Gasteiger charge is -2.17. The van der Waals surface area contributed by atoms with Gasteiger partial charge in [0, 0.05) is 29.3 Å². The molecule has 0 radical (unpaired) electrons. The van der Waals surface area contributed by atoms with Gasteiger partial charge in [-0.2, -0.15) is 0 Å². The third-order valence-corrected chi connectivity index (χ3v) is 5.04. The van der Waals surface area contributed by atoms with Crippen molar-refractivity contribution < 1.29 is 19.5 Å². The molecule has 142 valence electrons. The topological polar surface area (TPSA) is 103 Å². The van der Waals surface area contributed by atoms with E-state index in [9.17, 15) is 19.5 Å². The van der Waals surface area contributed by atoms with Crippen LogP contribution in [0.15, 0.2) is 60.8 Å². The molecule has 4 rings (SSSR count). The number of amides is 2. The minimum Gasteiger partial charge on any atom is -0.481 e. The van der Waals surface area contributed by atoms with Gasteiger partial charge in [-0.3, -0.25) is 14.4 Å². The fourth-order valence-corrected chi connectivity index (χ4v) is 3.63. The zero-order valence-corrected chi connectivity index (χ0v) is 15.0. The number of carboxylic acids is 1. The highest BCUT2D eigenvalue weighted by Gasteiger charge is 2.45. The second-order valence-electron chi connectivity index (χ2n) is 6.81. The molecule has 0 saturated carbocycles. The summed E-state index contributed by atoms with van der Waals surface area (Å²) in [7, 11) is 0. The molecule has 2 heterocycles. The molecule has 0 unspecified atom stereocenters. The number of hydrogen-bond donors (Lipinski definition) is 3. The summed E-state index contributed by atoms with van der Waals surface area (Å²) in [5, 5.41) is 13.1. The lowest BCUT2D eigenvalue weighted by atomic mass is 10.0. The van der Waals surface area contributed by atoms with Gasteiger partial charge in [-0.25, -0.2) is 0 Å². The molecule has 3 N–H and O–H groups in total. The van der Waals surface area contributed by atoms with Crippen LogP contribution in [-0.4, -0.2) is 40.5 Å². The molecule has 1 saturated heterocycles. The Kier molecular flexibility index (Phi) is 4.57. The van der Waals surface area contributed by atoms with Crippen LogP contribution in [0.1, 0.15) is 5.56 Å². The Hall–Kier alpha value is -3.61. The Balaban J connectivity index is 1.52. The number of nitrogens with zero attached hydrogens (tertiary/aromatic N) is 1. The number of carbonyl (C=O) groups is 3. The van der Waals surface area contributed by atoms with Crippen molar-refractivity contribution in [2.45, 2.75) is 12.5 Å². The van der Waals surface area contributed by atoms with E-state index in [1.54, 1.807) is 30.5 Å². The summed E-state index contributed by atoms with van der Waals surface area (Å²) in [6, 6.07) is 15.4. The highest BCUT2D eigenvalue weighted by atomic mass is 16.4. The third-order valence-electron chi connectivity index (χ3n) is 5.04. The van der Waals surface area contributed by atoms with Gasteiger partial charge in [0.15, 0.2) is 0 Å². The molecular weight excluding hydrogens is 358 g/mol. The van der Waals surface area contributed by atoms with Gasteiger partial charge in [0.1, 0.15) is 12.0 Å². The molecule has 7 nitrogen and oxygen atoms in total. The second-order valence-corrected chi connectivity index (χ2v) is 6.81. The summed E-state index contributed by atoms with van der Waals surface area (Å²) in [5.41, 5.74) is 2.33. The molecule has 7 heteroatoms. The van der Waals surface area contributed by atoms with Gasteiger partial charge in [0.05, 0.1) is 6.42 Å². The minimum absolute atomic E-state index is 0.0240. The maximum atomic E-state index is 12.8. The number of para-hydroxylation sites is 2. The molecule has 2 amide bonds. The molecule has 28 heavy (non-hydrogen) atoms. The Morgan fingerprint density at radius 3 is 2.57 bits per heavy atom. The monoisotopic (exact) mass is 377 g/mol. The van der Waals surface area contributed by atoms with Gasteiger partial charge in [0.2, 0.25) is 5.91 Å². The normalized spacial score (nSPS) is 19.1. The fraction of sp³-hybridized carbons (Fsp3) is 0.190.